The van der Waals surface area contributed by atoms with Gasteiger partial charge in [0.1, 0.15) is 24.9 Å². The smallest absolute Gasteiger partial charge is 0.364 e. The van der Waals surface area contributed by atoms with E-state index in [0.717, 1.165) is 61.0 Å². The Balaban J connectivity index is 1.20. The quantitative estimate of drug-likeness (QED) is 0.0912. The van der Waals surface area contributed by atoms with E-state index in [1.807, 2.05) is 28.8 Å². The first-order chi connectivity index (χ1) is 21.7. The molecule has 0 unspecified atom stereocenters. The SMILES string of the molecule is CCOC(=O)c1nnn(Cc2ccc(OC)cc2)c1OC1CCC(c2ccc(-c3nncn3COCC[Si](C)(C)C)cc2)CC1. The zero-order chi connectivity index (χ0) is 31.8. The second kappa shape index (κ2) is 14.8. The van der Waals surface area contributed by atoms with E-state index in [2.05, 4.69) is 64.4 Å². The van der Waals surface area contributed by atoms with Gasteiger partial charge < -0.3 is 18.9 Å². The molecule has 0 aliphatic heterocycles. The summed E-state index contributed by atoms with van der Waals surface area (Å²) >= 11 is 0. The second-order valence-corrected chi connectivity index (χ2v) is 18.3. The van der Waals surface area contributed by atoms with E-state index in [1.54, 1.807) is 25.0 Å². The summed E-state index contributed by atoms with van der Waals surface area (Å²) < 4.78 is 26.5. The van der Waals surface area contributed by atoms with E-state index in [-0.39, 0.29) is 18.4 Å². The molecule has 0 amide bonds. The van der Waals surface area contributed by atoms with Gasteiger partial charge in [0.2, 0.25) is 11.6 Å². The van der Waals surface area contributed by atoms with Crippen LogP contribution in [0.5, 0.6) is 11.6 Å². The minimum absolute atomic E-state index is 0.0543. The number of ether oxygens (including phenoxy) is 4. The van der Waals surface area contributed by atoms with Gasteiger partial charge in [0.25, 0.3) is 0 Å². The number of hydrogen-bond acceptors (Lipinski definition) is 9. The molecule has 1 aliphatic rings. The molecule has 1 aliphatic carbocycles. The van der Waals surface area contributed by atoms with E-state index in [4.69, 9.17) is 18.9 Å². The Labute approximate surface area is 265 Å². The van der Waals surface area contributed by atoms with E-state index in [9.17, 15) is 4.79 Å². The van der Waals surface area contributed by atoms with Gasteiger partial charge in [-0.1, -0.05) is 61.3 Å². The molecule has 2 aromatic carbocycles. The lowest BCUT2D eigenvalue weighted by atomic mass is 9.82. The molecule has 1 fully saturated rings. The number of benzene rings is 2. The number of nitrogens with zero attached hydrogens (tertiary/aromatic N) is 6. The number of hydrogen-bond donors (Lipinski definition) is 0. The first-order valence-electron chi connectivity index (χ1n) is 15.7. The van der Waals surface area contributed by atoms with Gasteiger partial charge in [-0.25, -0.2) is 9.48 Å². The molecule has 0 atom stereocenters. The van der Waals surface area contributed by atoms with Crippen LogP contribution in [0.2, 0.25) is 25.7 Å². The van der Waals surface area contributed by atoms with Crippen molar-refractivity contribution >= 4 is 14.0 Å². The third-order valence-corrected chi connectivity index (χ3v) is 9.79. The number of rotatable bonds is 14. The minimum Gasteiger partial charge on any atom is -0.497 e. The fourth-order valence-electron chi connectivity index (χ4n) is 5.45. The summed E-state index contributed by atoms with van der Waals surface area (Å²) in [5.74, 6) is 1.83. The Morgan fingerprint density at radius 1 is 0.978 bits per heavy atom. The Morgan fingerprint density at radius 2 is 1.71 bits per heavy atom. The van der Waals surface area contributed by atoms with Crippen molar-refractivity contribution in [1.82, 2.24) is 29.8 Å². The van der Waals surface area contributed by atoms with Crippen molar-refractivity contribution < 1.29 is 23.7 Å². The maximum Gasteiger partial charge on any atom is 0.364 e. The second-order valence-electron chi connectivity index (χ2n) is 12.7. The highest BCUT2D eigenvalue weighted by atomic mass is 28.3. The molecule has 0 N–H and O–H groups in total. The standard InChI is InChI=1S/C33H44N6O5Si/c1-6-43-33(40)30-32(39(37-35-30)21-24-7-15-28(41-2)16-8-24)44-29-17-13-26(14-18-29)25-9-11-27(12-10-25)31-36-34-22-38(31)23-42-19-20-45(3,4)5/h7-12,15-16,22,26,29H,6,13-14,17-21,23H2,1-5H3. The first kappa shape index (κ1) is 32.4. The monoisotopic (exact) mass is 632 g/mol. The maximum atomic E-state index is 12.7. The van der Waals surface area contributed by atoms with Gasteiger partial charge in [0, 0.05) is 20.2 Å². The first-order valence-corrected chi connectivity index (χ1v) is 19.4. The van der Waals surface area contributed by atoms with E-state index in [0.29, 0.717) is 25.1 Å². The van der Waals surface area contributed by atoms with Crippen LogP contribution in [0.25, 0.3) is 11.4 Å². The van der Waals surface area contributed by atoms with E-state index >= 15 is 0 Å². The number of carbonyl (C=O) groups is 1. The highest BCUT2D eigenvalue weighted by Crippen LogP contribution is 2.36. The lowest BCUT2D eigenvalue weighted by molar-refractivity contribution is 0.0507. The van der Waals surface area contributed by atoms with Crippen LogP contribution in [0.15, 0.2) is 54.9 Å². The van der Waals surface area contributed by atoms with Gasteiger partial charge in [0.05, 0.1) is 20.3 Å². The maximum absolute atomic E-state index is 12.7. The van der Waals surface area contributed by atoms with Crippen molar-refractivity contribution in [3.8, 4) is 23.0 Å². The van der Waals surface area contributed by atoms with Crippen LogP contribution in [0.4, 0.5) is 0 Å². The molecule has 0 bridgehead atoms. The topological polar surface area (TPSA) is 115 Å². The zero-order valence-corrected chi connectivity index (χ0v) is 27.9. The van der Waals surface area contributed by atoms with Gasteiger partial charge in [-0.3, -0.25) is 4.57 Å². The highest BCUT2D eigenvalue weighted by molar-refractivity contribution is 6.76. The summed E-state index contributed by atoms with van der Waals surface area (Å²) in [6.45, 7) is 10.7. The molecule has 45 heavy (non-hydrogen) atoms. The summed E-state index contributed by atoms with van der Waals surface area (Å²) in [6, 6.07) is 17.5. The summed E-state index contributed by atoms with van der Waals surface area (Å²) in [5, 5.41) is 16.8. The van der Waals surface area contributed by atoms with Crippen LogP contribution in [0.1, 0.15) is 60.1 Å². The third-order valence-electron chi connectivity index (χ3n) is 8.08. The average Bonchev–Trinajstić information content (AvgIpc) is 3.67. The van der Waals surface area contributed by atoms with Crippen molar-refractivity contribution in [2.24, 2.45) is 0 Å². The Bertz CT molecular complexity index is 1520. The van der Waals surface area contributed by atoms with Crippen molar-refractivity contribution in [2.45, 2.75) is 83.6 Å². The molecular formula is C33H44N6O5Si. The molecule has 0 radical (unpaired) electrons. The van der Waals surface area contributed by atoms with Gasteiger partial charge in [-0.2, -0.15) is 0 Å². The molecule has 11 nitrogen and oxygen atoms in total. The van der Waals surface area contributed by atoms with Gasteiger partial charge in [-0.05, 0) is 67.8 Å². The molecule has 240 valence electrons. The predicted molar refractivity (Wildman–Crippen MR) is 173 cm³/mol. The predicted octanol–water partition coefficient (Wildman–Crippen LogP) is 6.19. The lowest BCUT2D eigenvalue weighted by Crippen LogP contribution is -2.25. The fraction of sp³-hybridized carbons (Fsp3) is 0.485. The molecule has 4 aromatic rings. The number of methoxy groups -OCH3 is 1. The number of esters is 1. The lowest BCUT2D eigenvalue weighted by Gasteiger charge is -2.29. The average molecular weight is 633 g/mol. The molecule has 2 aromatic heterocycles. The van der Waals surface area contributed by atoms with Crippen LogP contribution >= 0.6 is 0 Å². The van der Waals surface area contributed by atoms with Crippen LogP contribution in [-0.4, -0.2) is 70.2 Å². The van der Waals surface area contributed by atoms with E-state index < -0.39 is 14.0 Å². The van der Waals surface area contributed by atoms with Crippen molar-refractivity contribution in [3.05, 3.63) is 71.7 Å². The van der Waals surface area contributed by atoms with Crippen LogP contribution in [0.3, 0.4) is 0 Å². The fourth-order valence-corrected chi connectivity index (χ4v) is 6.20. The number of carbonyl (C=O) groups excluding carboxylic acids is 1. The van der Waals surface area contributed by atoms with Crippen molar-refractivity contribution in [3.63, 3.8) is 0 Å². The molecule has 1 saturated carbocycles. The largest absolute Gasteiger partial charge is 0.497 e. The Hall–Kier alpha value is -4.03. The Kier molecular flexibility index (Phi) is 10.7. The van der Waals surface area contributed by atoms with Gasteiger partial charge >= 0.3 is 5.97 Å². The third kappa shape index (κ3) is 8.57. The molecule has 0 spiro atoms. The Morgan fingerprint density at radius 3 is 2.38 bits per heavy atom. The molecular weight excluding hydrogens is 588 g/mol. The zero-order valence-electron chi connectivity index (χ0n) is 26.9. The number of aromatic nitrogens is 6. The van der Waals surface area contributed by atoms with Crippen LogP contribution in [0, 0.1) is 0 Å². The summed E-state index contributed by atoms with van der Waals surface area (Å²) in [4.78, 5) is 12.7. The van der Waals surface area contributed by atoms with Crippen LogP contribution < -0.4 is 9.47 Å². The normalized spacial score (nSPS) is 16.8. The summed E-state index contributed by atoms with van der Waals surface area (Å²) in [5.41, 5.74) is 3.41. The van der Waals surface area contributed by atoms with Crippen LogP contribution in [-0.2, 0) is 22.7 Å². The molecule has 5 rings (SSSR count). The summed E-state index contributed by atoms with van der Waals surface area (Å²) in [7, 11) is 0.501. The van der Waals surface area contributed by atoms with Gasteiger partial charge in [0.15, 0.2) is 5.82 Å². The van der Waals surface area contributed by atoms with Crippen molar-refractivity contribution in [2.75, 3.05) is 20.3 Å². The summed E-state index contributed by atoms with van der Waals surface area (Å²) in [6.07, 6.45) is 5.32. The van der Waals surface area contributed by atoms with E-state index in [1.165, 1.54) is 5.56 Å². The molecule has 12 heteroatoms. The molecule has 2 heterocycles. The highest BCUT2D eigenvalue weighted by Gasteiger charge is 2.29. The molecule has 0 saturated heterocycles. The van der Waals surface area contributed by atoms with Gasteiger partial charge in [-0.15, -0.1) is 15.3 Å². The minimum atomic E-state index is -1.13. The van der Waals surface area contributed by atoms with Crippen molar-refractivity contribution in [1.29, 1.82) is 0 Å².